The molecule has 2 atom stereocenters. The van der Waals surface area contributed by atoms with Gasteiger partial charge in [-0.2, -0.15) is 0 Å². The highest BCUT2D eigenvalue weighted by Crippen LogP contribution is 2.42. The van der Waals surface area contributed by atoms with Crippen LogP contribution in [0.15, 0.2) is 205 Å². The van der Waals surface area contributed by atoms with Crippen LogP contribution >= 0.6 is 0 Å². The SMILES string of the molecule is c1ccc(-c2ccc(-c3cccc4c3oc3c(-c5ccccc5)cccc34)cc2Nc2ccc(CN3NC(c4ccccc4)NC3c3ccccc3)cc2)cc1. The largest absolute Gasteiger partial charge is 0.455 e. The molecule has 1 aliphatic rings. The fourth-order valence-electron chi connectivity index (χ4n) is 8.01. The van der Waals surface area contributed by atoms with Crippen LogP contribution in [0.1, 0.15) is 29.0 Å². The number of rotatable bonds is 9. The summed E-state index contributed by atoms with van der Waals surface area (Å²) in [6.45, 7) is 0.731. The van der Waals surface area contributed by atoms with Crippen LogP contribution in [0, 0.1) is 0 Å². The lowest BCUT2D eigenvalue weighted by Gasteiger charge is -2.24. The fraction of sp³-hybridized carbons (Fsp3) is 0.0588. The van der Waals surface area contributed by atoms with Crippen LogP contribution in [-0.2, 0) is 6.54 Å². The molecule has 8 aromatic carbocycles. The summed E-state index contributed by atoms with van der Waals surface area (Å²) in [6, 6.07) is 70.6. The van der Waals surface area contributed by atoms with Crippen LogP contribution in [0.4, 0.5) is 11.4 Å². The minimum atomic E-state index is 0.0161. The lowest BCUT2D eigenvalue weighted by atomic mass is 9.96. The summed E-state index contributed by atoms with van der Waals surface area (Å²) in [5.41, 5.74) is 17.9. The van der Waals surface area contributed by atoms with E-state index in [1.165, 1.54) is 16.7 Å². The second-order valence-corrected chi connectivity index (χ2v) is 14.4. The molecule has 0 aliphatic carbocycles. The summed E-state index contributed by atoms with van der Waals surface area (Å²) in [5, 5.41) is 12.1. The highest BCUT2D eigenvalue weighted by molar-refractivity contribution is 6.13. The summed E-state index contributed by atoms with van der Waals surface area (Å²) in [4.78, 5) is 0. The zero-order valence-electron chi connectivity index (χ0n) is 30.8. The standard InChI is InChI=1S/C51H40N4O/c1-5-15-36(16-6-1)42-32-29-40(44-24-14-26-46-45-25-13-23-43(48(45)56-49(44)46)37-17-7-2-8-18-37)33-47(42)52-41-30-27-35(28-31-41)34-55-51(39-21-11-4-12-22-39)53-50(54-55)38-19-9-3-10-20-38/h1-33,50-54H,34H2. The molecule has 270 valence electrons. The molecule has 1 saturated heterocycles. The van der Waals surface area contributed by atoms with E-state index in [2.05, 4.69) is 215 Å². The van der Waals surface area contributed by atoms with E-state index in [1.807, 2.05) is 6.07 Å². The maximum absolute atomic E-state index is 6.80. The van der Waals surface area contributed by atoms with E-state index in [0.717, 1.165) is 73.2 Å². The molecule has 5 heteroatoms. The van der Waals surface area contributed by atoms with Crippen molar-refractivity contribution in [2.24, 2.45) is 0 Å². The summed E-state index contributed by atoms with van der Waals surface area (Å²) >= 11 is 0. The molecule has 0 saturated carbocycles. The topological polar surface area (TPSA) is 52.5 Å². The maximum atomic E-state index is 6.80. The van der Waals surface area contributed by atoms with Gasteiger partial charge in [-0.1, -0.05) is 182 Å². The van der Waals surface area contributed by atoms with Gasteiger partial charge in [0.1, 0.15) is 17.3 Å². The molecule has 1 aliphatic heterocycles. The maximum Gasteiger partial charge on any atom is 0.143 e. The number of nitrogens with one attached hydrogen (secondary N) is 3. The number of hydrogen-bond acceptors (Lipinski definition) is 5. The van der Waals surface area contributed by atoms with Crippen LogP contribution in [0.25, 0.3) is 55.3 Å². The Kier molecular flexibility index (Phi) is 8.94. The summed E-state index contributed by atoms with van der Waals surface area (Å²) in [5.74, 6) is 0. The Morgan fingerprint density at radius 3 is 1.66 bits per heavy atom. The van der Waals surface area contributed by atoms with Crippen molar-refractivity contribution in [3.63, 3.8) is 0 Å². The number of anilines is 2. The first-order chi connectivity index (χ1) is 27.7. The number of fused-ring (bicyclic) bond motifs is 3. The Labute approximate surface area is 326 Å². The molecule has 0 spiro atoms. The third-order valence-electron chi connectivity index (χ3n) is 10.8. The fourth-order valence-corrected chi connectivity index (χ4v) is 8.01. The van der Waals surface area contributed by atoms with Crippen LogP contribution in [0.2, 0.25) is 0 Å². The predicted molar refractivity (Wildman–Crippen MR) is 230 cm³/mol. The Balaban J connectivity index is 0.971. The van der Waals surface area contributed by atoms with Gasteiger partial charge in [-0.05, 0) is 51.6 Å². The first-order valence-corrected chi connectivity index (χ1v) is 19.2. The normalized spacial score (nSPS) is 15.7. The minimum Gasteiger partial charge on any atom is -0.455 e. The van der Waals surface area contributed by atoms with Crippen LogP contribution in [-0.4, -0.2) is 5.01 Å². The molecule has 1 fully saturated rings. The van der Waals surface area contributed by atoms with Gasteiger partial charge in [0.25, 0.3) is 0 Å². The third-order valence-corrected chi connectivity index (χ3v) is 10.8. The Bertz CT molecular complexity index is 2750. The lowest BCUT2D eigenvalue weighted by molar-refractivity contribution is 0.165. The van der Waals surface area contributed by atoms with Gasteiger partial charge in [-0.25, -0.2) is 10.4 Å². The van der Waals surface area contributed by atoms with Gasteiger partial charge in [-0.15, -0.1) is 0 Å². The van der Waals surface area contributed by atoms with Gasteiger partial charge in [-0.3, -0.25) is 5.32 Å². The molecule has 9 aromatic rings. The Hall–Kier alpha value is -6.76. The third kappa shape index (κ3) is 6.54. The van der Waals surface area contributed by atoms with Crippen molar-refractivity contribution in [3.8, 4) is 33.4 Å². The van der Waals surface area contributed by atoms with Crippen LogP contribution < -0.4 is 16.1 Å². The molecule has 2 heterocycles. The van der Waals surface area contributed by atoms with Crippen LogP contribution in [0.5, 0.6) is 0 Å². The molecule has 5 nitrogen and oxygen atoms in total. The van der Waals surface area contributed by atoms with Crippen molar-refractivity contribution in [2.75, 3.05) is 5.32 Å². The summed E-state index contributed by atoms with van der Waals surface area (Å²) < 4.78 is 6.80. The second kappa shape index (κ2) is 14.8. The van der Waals surface area contributed by atoms with Crippen molar-refractivity contribution in [3.05, 3.63) is 217 Å². The molecule has 0 bridgehead atoms. The zero-order chi connectivity index (χ0) is 37.3. The summed E-state index contributed by atoms with van der Waals surface area (Å²) in [7, 11) is 0. The van der Waals surface area contributed by atoms with E-state index < -0.39 is 0 Å². The second-order valence-electron chi connectivity index (χ2n) is 14.4. The van der Waals surface area contributed by atoms with E-state index in [0.29, 0.717) is 0 Å². The monoisotopic (exact) mass is 724 g/mol. The molecule has 2 unspecified atom stereocenters. The van der Waals surface area contributed by atoms with Gasteiger partial charge in [0.05, 0.1) is 6.17 Å². The zero-order valence-corrected chi connectivity index (χ0v) is 30.8. The number of furan rings is 1. The molecule has 3 N–H and O–H groups in total. The first-order valence-electron chi connectivity index (χ1n) is 19.2. The first kappa shape index (κ1) is 33.8. The molecule has 0 amide bonds. The predicted octanol–water partition coefficient (Wildman–Crippen LogP) is 12.6. The van der Waals surface area contributed by atoms with E-state index in [1.54, 1.807) is 0 Å². The number of benzene rings is 8. The highest BCUT2D eigenvalue weighted by Gasteiger charge is 2.32. The van der Waals surface area contributed by atoms with E-state index >= 15 is 0 Å². The van der Waals surface area contributed by atoms with E-state index in [4.69, 9.17) is 4.42 Å². The molecule has 10 rings (SSSR count). The smallest absolute Gasteiger partial charge is 0.143 e. The van der Waals surface area contributed by atoms with E-state index in [-0.39, 0.29) is 12.3 Å². The average Bonchev–Trinajstić information content (AvgIpc) is 3.88. The molecule has 1 aromatic heterocycles. The number of hydrogen-bond donors (Lipinski definition) is 3. The Morgan fingerprint density at radius 2 is 1.04 bits per heavy atom. The van der Waals surface area contributed by atoms with Crippen LogP contribution in [0.3, 0.4) is 0 Å². The number of para-hydroxylation sites is 2. The lowest BCUT2D eigenvalue weighted by Crippen LogP contribution is -2.33. The van der Waals surface area contributed by atoms with Gasteiger partial charge in [0.2, 0.25) is 0 Å². The number of nitrogens with zero attached hydrogens (tertiary/aromatic N) is 1. The van der Waals surface area contributed by atoms with Gasteiger partial charge >= 0.3 is 0 Å². The highest BCUT2D eigenvalue weighted by atomic mass is 16.3. The van der Waals surface area contributed by atoms with Crippen molar-refractivity contribution in [1.29, 1.82) is 0 Å². The van der Waals surface area contributed by atoms with Gasteiger partial charge in [0.15, 0.2) is 0 Å². The van der Waals surface area contributed by atoms with Gasteiger partial charge < -0.3 is 9.73 Å². The number of hydrazine groups is 1. The van der Waals surface area contributed by atoms with Crippen molar-refractivity contribution in [2.45, 2.75) is 18.9 Å². The van der Waals surface area contributed by atoms with Crippen molar-refractivity contribution >= 4 is 33.3 Å². The Morgan fingerprint density at radius 1 is 0.482 bits per heavy atom. The van der Waals surface area contributed by atoms with Crippen molar-refractivity contribution < 1.29 is 4.42 Å². The van der Waals surface area contributed by atoms with Crippen molar-refractivity contribution in [1.82, 2.24) is 15.8 Å². The minimum absolute atomic E-state index is 0.0161. The van der Waals surface area contributed by atoms with Gasteiger partial charge in [0, 0.05) is 45.4 Å². The molecular formula is C51H40N4O. The summed E-state index contributed by atoms with van der Waals surface area (Å²) in [6.07, 6.45) is 0.0406. The quantitative estimate of drug-likeness (QED) is 0.138. The molecular weight excluding hydrogens is 685 g/mol. The molecule has 0 radical (unpaired) electrons. The molecule has 56 heavy (non-hydrogen) atoms. The van der Waals surface area contributed by atoms with E-state index in [9.17, 15) is 0 Å². The average molecular weight is 725 g/mol.